The maximum Gasteiger partial charge on any atom is 0.330 e. The van der Waals surface area contributed by atoms with E-state index in [1.54, 1.807) is 6.92 Å². The van der Waals surface area contributed by atoms with Crippen molar-refractivity contribution < 1.29 is 42.9 Å². The van der Waals surface area contributed by atoms with Crippen LogP contribution in [0.3, 0.4) is 0 Å². The van der Waals surface area contributed by atoms with Gasteiger partial charge in [0.1, 0.15) is 13.2 Å². The number of aryl methyl sites for hydroxylation is 1. The number of aromatic amines is 1. The van der Waals surface area contributed by atoms with Gasteiger partial charge in [-0.3, -0.25) is 33.5 Å². The molecule has 1 aliphatic heterocycles. The van der Waals surface area contributed by atoms with E-state index in [0.29, 0.717) is 6.42 Å². The highest BCUT2D eigenvalue weighted by Crippen LogP contribution is 2.41. The summed E-state index contributed by atoms with van der Waals surface area (Å²) in [6.45, 7) is 5.40. The highest BCUT2D eigenvalue weighted by molar-refractivity contribution is 5.70. The van der Waals surface area contributed by atoms with E-state index < -0.39 is 72.4 Å². The zero-order chi connectivity index (χ0) is 25.6. The average molecular weight is 484 g/mol. The minimum absolute atomic E-state index is 0.0806. The van der Waals surface area contributed by atoms with Crippen LogP contribution >= 0.6 is 0 Å². The molecule has 0 amide bonds. The number of carbonyl (C=O) groups is 4. The molecule has 4 atom stereocenters. The van der Waals surface area contributed by atoms with Crippen molar-refractivity contribution in [1.82, 2.24) is 9.55 Å². The highest BCUT2D eigenvalue weighted by Gasteiger charge is 2.61. The third kappa shape index (κ3) is 6.31. The fraction of sp³-hybridized carbons (Fsp3) is 0.619. The zero-order valence-corrected chi connectivity index (χ0v) is 19.6. The van der Waals surface area contributed by atoms with Gasteiger partial charge in [-0.1, -0.05) is 6.92 Å². The second-order valence-electron chi connectivity index (χ2n) is 7.85. The van der Waals surface area contributed by atoms with Crippen LogP contribution in [0.5, 0.6) is 0 Å². The number of H-pyrrole nitrogens is 1. The second kappa shape index (κ2) is 11.1. The van der Waals surface area contributed by atoms with Crippen LogP contribution in [-0.2, 0) is 42.9 Å². The molecule has 0 aromatic carbocycles. The minimum Gasteiger partial charge on any atom is -0.462 e. The average Bonchev–Trinajstić information content (AvgIpc) is 3.00. The summed E-state index contributed by atoms with van der Waals surface area (Å²) in [4.78, 5) is 74.1. The number of esters is 4. The smallest absolute Gasteiger partial charge is 0.330 e. The van der Waals surface area contributed by atoms with Gasteiger partial charge in [0, 0.05) is 39.0 Å². The van der Waals surface area contributed by atoms with Crippen LogP contribution in [0.1, 0.15) is 52.3 Å². The lowest BCUT2D eigenvalue weighted by Gasteiger charge is -2.32. The summed E-state index contributed by atoms with van der Waals surface area (Å²) in [6, 6.07) is 0. The normalized spacial score (nSPS) is 23.7. The Morgan fingerprint density at radius 1 is 1.03 bits per heavy atom. The Morgan fingerprint density at radius 2 is 1.65 bits per heavy atom. The lowest BCUT2D eigenvalue weighted by Crippen LogP contribution is -2.53. The van der Waals surface area contributed by atoms with Gasteiger partial charge in [0.15, 0.2) is 24.0 Å². The molecule has 1 aromatic heterocycles. The standard InChI is InChI=1S/C21H28N2O11/c1-6-7-15(27)31-10-21(9-30-12(3)24)17(33-14(5)26)16(32-13(4)25)19(34-21)23-8-11(2)18(28)22-20(23)29/h8,16-17,19H,6-7,9-10H2,1-5H3,(H,22,28,29)/t16-,17-,19-,21+/m1/s1. The second-order valence-corrected chi connectivity index (χ2v) is 7.85. The molecule has 0 radical (unpaired) electrons. The van der Waals surface area contributed by atoms with Crippen LogP contribution in [0, 0.1) is 6.92 Å². The van der Waals surface area contributed by atoms with Crippen LogP contribution in [0.2, 0.25) is 0 Å². The number of nitrogens with one attached hydrogen (secondary N) is 1. The molecule has 0 spiro atoms. The lowest BCUT2D eigenvalue weighted by atomic mass is 9.96. The topological polar surface area (TPSA) is 169 Å². The van der Waals surface area contributed by atoms with Crippen molar-refractivity contribution in [2.75, 3.05) is 13.2 Å². The Labute approximate surface area is 194 Å². The molecule has 0 aliphatic carbocycles. The van der Waals surface area contributed by atoms with Crippen molar-refractivity contribution in [2.45, 2.75) is 71.5 Å². The summed E-state index contributed by atoms with van der Waals surface area (Å²) in [6.07, 6.45) is -2.56. The highest BCUT2D eigenvalue weighted by atomic mass is 16.7. The summed E-state index contributed by atoms with van der Waals surface area (Å²) in [5, 5.41) is 0. The molecule has 13 heteroatoms. The van der Waals surface area contributed by atoms with Crippen molar-refractivity contribution in [3.8, 4) is 0 Å². The lowest BCUT2D eigenvalue weighted by molar-refractivity contribution is -0.193. The van der Waals surface area contributed by atoms with Gasteiger partial charge in [-0.25, -0.2) is 4.79 Å². The molecule has 1 saturated heterocycles. The summed E-state index contributed by atoms with van der Waals surface area (Å²) in [5.74, 6) is -2.91. The Kier molecular flexibility index (Phi) is 8.74. The van der Waals surface area contributed by atoms with Gasteiger partial charge in [-0.2, -0.15) is 0 Å². The maximum atomic E-state index is 12.6. The number of nitrogens with zero attached hydrogens (tertiary/aromatic N) is 1. The molecule has 0 bridgehead atoms. The largest absolute Gasteiger partial charge is 0.462 e. The van der Waals surface area contributed by atoms with Gasteiger partial charge >= 0.3 is 29.6 Å². The van der Waals surface area contributed by atoms with Gasteiger partial charge in [0.05, 0.1) is 0 Å². The molecule has 1 aliphatic rings. The number of rotatable bonds is 9. The molecule has 1 fully saturated rings. The van der Waals surface area contributed by atoms with Crippen LogP contribution in [0.25, 0.3) is 0 Å². The minimum atomic E-state index is -1.84. The number of ether oxygens (including phenoxy) is 5. The summed E-state index contributed by atoms with van der Waals surface area (Å²) >= 11 is 0. The third-order valence-electron chi connectivity index (χ3n) is 4.92. The molecule has 0 unspecified atom stereocenters. The number of carbonyl (C=O) groups excluding carboxylic acids is 4. The monoisotopic (exact) mass is 484 g/mol. The quantitative estimate of drug-likeness (QED) is 0.366. The van der Waals surface area contributed by atoms with Gasteiger partial charge in [-0.05, 0) is 13.3 Å². The van der Waals surface area contributed by atoms with Gasteiger partial charge in [0.25, 0.3) is 5.56 Å². The molecule has 2 heterocycles. The molecule has 13 nitrogen and oxygen atoms in total. The maximum absolute atomic E-state index is 12.6. The van der Waals surface area contributed by atoms with E-state index in [-0.39, 0.29) is 12.0 Å². The van der Waals surface area contributed by atoms with Crippen molar-refractivity contribution in [3.05, 3.63) is 32.6 Å². The summed E-state index contributed by atoms with van der Waals surface area (Å²) < 4.78 is 28.2. The summed E-state index contributed by atoms with van der Waals surface area (Å²) in [7, 11) is 0. The first kappa shape index (κ1) is 26.8. The molecular weight excluding hydrogens is 456 g/mol. The van der Waals surface area contributed by atoms with Crippen LogP contribution in [0.4, 0.5) is 0 Å². The van der Waals surface area contributed by atoms with Crippen LogP contribution in [-0.4, -0.2) is 64.5 Å². The Morgan fingerprint density at radius 3 is 2.21 bits per heavy atom. The van der Waals surface area contributed by atoms with E-state index in [2.05, 4.69) is 4.98 Å². The Balaban J connectivity index is 2.65. The van der Waals surface area contributed by atoms with Gasteiger partial charge in [0.2, 0.25) is 0 Å². The Hall–Kier alpha value is -3.48. The first-order valence-corrected chi connectivity index (χ1v) is 10.5. The SMILES string of the molecule is CCCC(=O)OC[C@]1(COC(C)=O)O[C@@H](n2cc(C)c(=O)[nH]c2=O)[C@H](OC(C)=O)[C@H]1OC(C)=O. The number of hydrogen-bond donors (Lipinski definition) is 1. The number of aromatic nitrogens is 2. The molecule has 1 N–H and O–H groups in total. The van der Waals surface area contributed by atoms with Gasteiger partial charge < -0.3 is 23.7 Å². The van der Waals surface area contributed by atoms with E-state index in [1.165, 1.54) is 13.1 Å². The molecule has 34 heavy (non-hydrogen) atoms. The van der Waals surface area contributed by atoms with Crippen molar-refractivity contribution in [3.63, 3.8) is 0 Å². The predicted molar refractivity (Wildman–Crippen MR) is 113 cm³/mol. The zero-order valence-electron chi connectivity index (χ0n) is 19.6. The summed E-state index contributed by atoms with van der Waals surface area (Å²) in [5.41, 5.74) is -3.24. The first-order valence-electron chi connectivity index (χ1n) is 10.5. The first-order chi connectivity index (χ1) is 15.9. The van der Waals surface area contributed by atoms with Crippen LogP contribution in [0.15, 0.2) is 15.8 Å². The number of hydrogen-bond acceptors (Lipinski definition) is 11. The van der Waals surface area contributed by atoms with E-state index in [1.807, 2.05) is 0 Å². The molecule has 2 rings (SSSR count). The van der Waals surface area contributed by atoms with Crippen molar-refractivity contribution in [2.24, 2.45) is 0 Å². The van der Waals surface area contributed by atoms with E-state index >= 15 is 0 Å². The molecule has 1 aromatic rings. The van der Waals surface area contributed by atoms with E-state index in [0.717, 1.165) is 25.3 Å². The molecule has 188 valence electrons. The fourth-order valence-electron chi connectivity index (χ4n) is 3.46. The molecular formula is C21H28N2O11. The Bertz CT molecular complexity index is 1060. The van der Waals surface area contributed by atoms with Gasteiger partial charge in [-0.15, -0.1) is 0 Å². The predicted octanol–water partition coefficient (Wildman–Crippen LogP) is -0.118. The fourth-order valence-corrected chi connectivity index (χ4v) is 3.46. The molecule has 0 saturated carbocycles. The van der Waals surface area contributed by atoms with Crippen LogP contribution < -0.4 is 11.2 Å². The third-order valence-corrected chi connectivity index (χ3v) is 4.92. The van der Waals surface area contributed by atoms with Crippen molar-refractivity contribution >= 4 is 23.9 Å². The van der Waals surface area contributed by atoms with E-state index in [4.69, 9.17) is 23.7 Å². The van der Waals surface area contributed by atoms with Crippen molar-refractivity contribution in [1.29, 1.82) is 0 Å². The van der Waals surface area contributed by atoms with E-state index in [9.17, 15) is 28.8 Å².